The van der Waals surface area contributed by atoms with Gasteiger partial charge in [-0.3, -0.25) is 0 Å². The highest BCUT2D eigenvalue weighted by Gasteiger charge is 2.34. The Balaban J connectivity index is 1.74. The number of rotatable bonds is 4. The molecule has 1 aliphatic carbocycles. The van der Waals surface area contributed by atoms with Crippen molar-refractivity contribution in [3.8, 4) is 28.3 Å². The topological polar surface area (TPSA) is 61.3 Å². The highest BCUT2D eigenvalue weighted by atomic mass is 79.9. The van der Waals surface area contributed by atoms with E-state index < -0.39 is 0 Å². The number of methoxy groups -OCH3 is 1. The number of hydrogen-bond acceptors (Lipinski definition) is 4. The predicted molar refractivity (Wildman–Crippen MR) is 119 cm³/mol. The third-order valence-electron chi connectivity index (χ3n) is 5.86. The third-order valence-corrected chi connectivity index (χ3v) is 6.42. The maximum absolute atomic E-state index is 6.50. The second-order valence-corrected chi connectivity index (χ2v) is 8.43. The largest absolute Gasteiger partial charge is 0.480 e. The van der Waals surface area contributed by atoms with Crippen LogP contribution >= 0.6 is 15.9 Å². The molecule has 0 saturated heterocycles. The van der Waals surface area contributed by atoms with Gasteiger partial charge in [0, 0.05) is 22.9 Å². The first-order valence-electron chi connectivity index (χ1n) is 9.71. The predicted octanol–water partition coefficient (Wildman–Crippen LogP) is 6.27. The van der Waals surface area contributed by atoms with E-state index in [1.54, 1.807) is 13.3 Å². The van der Waals surface area contributed by atoms with Crippen LogP contribution in [0.2, 0.25) is 0 Å². The summed E-state index contributed by atoms with van der Waals surface area (Å²) in [5.74, 6) is 1.34. The molecule has 0 bridgehead atoms. The molecule has 2 aromatic carbocycles. The summed E-state index contributed by atoms with van der Waals surface area (Å²) in [7, 11) is 1.63. The van der Waals surface area contributed by atoms with Crippen LogP contribution < -0.4 is 10.5 Å². The first-order chi connectivity index (χ1) is 14.1. The Labute approximate surface area is 177 Å². The number of halogens is 1. The van der Waals surface area contributed by atoms with Crippen LogP contribution in [-0.4, -0.2) is 12.1 Å². The Morgan fingerprint density at radius 3 is 2.38 bits per heavy atom. The Hall–Kier alpha value is -2.63. The van der Waals surface area contributed by atoms with Crippen LogP contribution in [0.3, 0.4) is 0 Å². The minimum Gasteiger partial charge on any atom is -0.480 e. The molecule has 0 atom stereocenters. The summed E-state index contributed by atoms with van der Waals surface area (Å²) in [4.78, 5) is 4.44. The quantitative estimate of drug-likeness (QED) is 0.399. The number of furan rings is 1. The fraction of sp³-hybridized carbons (Fsp3) is 0.208. The van der Waals surface area contributed by atoms with Crippen molar-refractivity contribution >= 4 is 26.9 Å². The van der Waals surface area contributed by atoms with Crippen molar-refractivity contribution < 1.29 is 9.15 Å². The minimum absolute atomic E-state index is 0.176. The lowest BCUT2D eigenvalue weighted by Crippen LogP contribution is -2.43. The molecule has 4 aromatic rings. The standard InChI is InChI=1S/C24H21BrN2O2/c1-28-23-20-19(15-6-3-2-4-7-15)21(29-22(20)18(25)14-27-23)16-8-10-17(11-9-16)24(26)12-5-13-24/h2-4,6-11,14H,5,12-13,26H2,1H3. The first-order valence-corrected chi connectivity index (χ1v) is 10.5. The van der Waals surface area contributed by atoms with Crippen LogP contribution in [0, 0.1) is 0 Å². The van der Waals surface area contributed by atoms with Crippen LogP contribution in [-0.2, 0) is 5.54 Å². The van der Waals surface area contributed by atoms with Crippen molar-refractivity contribution in [3.05, 3.63) is 70.8 Å². The van der Waals surface area contributed by atoms with E-state index in [1.807, 2.05) is 18.2 Å². The molecule has 146 valence electrons. The van der Waals surface area contributed by atoms with Gasteiger partial charge in [-0.05, 0) is 46.3 Å². The van der Waals surface area contributed by atoms with Crippen LogP contribution in [0.5, 0.6) is 5.88 Å². The van der Waals surface area contributed by atoms with Gasteiger partial charge < -0.3 is 14.9 Å². The molecular formula is C24H21BrN2O2. The number of nitrogens with zero attached hydrogens (tertiary/aromatic N) is 1. The van der Waals surface area contributed by atoms with E-state index in [0.717, 1.165) is 50.7 Å². The molecule has 1 saturated carbocycles. The van der Waals surface area contributed by atoms with E-state index in [0.29, 0.717) is 5.88 Å². The highest BCUT2D eigenvalue weighted by molar-refractivity contribution is 9.10. The molecule has 5 heteroatoms. The number of pyridine rings is 1. The summed E-state index contributed by atoms with van der Waals surface area (Å²) in [5, 5.41) is 0.862. The third kappa shape index (κ3) is 2.96. The molecule has 2 N–H and O–H groups in total. The molecule has 0 aliphatic heterocycles. The number of hydrogen-bond donors (Lipinski definition) is 1. The van der Waals surface area contributed by atoms with Crippen LogP contribution in [0.4, 0.5) is 0 Å². The molecule has 1 aliphatic rings. The van der Waals surface area contributed by atoms with E-state index in [2.05, 4.69) is 57.3 Å². The zero-order chi connectivity index (χ0) is 20.0. The van der Waals surface area contributed by atoms with Gasteiger partial charge in [0.15, 0.2) is 5.58 Å². The summed E-state index contributed by atoms with van der Waals surface area (Å²) in [6.07, 6.45) is 4.99. The molecular weight excluding hydrogens is 428 g/mol. The lowest BCUT2D eigenvalue weighted by Gasteiger charge is -2.38. The molecule has 5 rings (SSSR count). The Morgan fingerprint density at radius 1 is 1.03 bits per heavy atom. The van der Waals surface area contributed by atoms with Gasteiger partial charge in [0.25, 0.3) is 0 Å². The number of ether oxygens (including phenoxy) is 1. The Kier molecular flexibility index (Phi) is 4.45. The van der Waals surface area contributed by atoms with Gasteiger partial charge in [-0.15, -0.1) is 0 Å². The summed E-state index contributed by atoms with van der Waals surface area (Å²) in [6, 6.07) is 18.6. The minimum atomic E-state index is -0.176. The summed E-state index contributed by atoms with van der Waals surface area (Å²) in [5.41, 5.74) is 11.3. The number of nitrogens with two attached hydrogens (primary N) is 1. The Morgan fingerprint density at radius 2 is 1.76 bits per heavy atom. The highest BCUT2D eigenvalue weighted by Crippen LogP contribution is 2.46. The van der Waals surface area contributed by atoms with E-state index in [-0.39, 0.29) is 5.54 Å². The van der Waals surface area contributed by atoms with Gasteiger partial charge in [0.05, 0.1) is 17.0 Å². The van der Waals surface area contributed by atoms with Crippen molar-refractivity contribution in [3.63, 3.8) is 0 Å². The van der Waals surface area contributed by atoms with Gasteiger partial charge in [-0.25, -0.2) is 4.98 Å². The summed E-state index contributed by atoms with van der Waals surface area (Å²) < 4.78 is 12.7. The molecule has 0 unspecified atom stereocenters. The van der Waals surface area contributed by atoms with Crippen LogP contribution in [0.1, 0.15) is 24.8 Å². The van der Waals surface area contributed by atoms with Gasteiger partial charge in [0.2, 0.25) is 5.88 Å². The van der Waals surface area contributed by atoms with Crippen LogP contribution in [0.15, 0.2) is 69.7 Å². The average Bonchev–Trinajstić information content (AvgIpc) is 3.15. The average molecular weight is 449 g/mol. The van der Waals surface area contributed by atoms with E-state index in [9.17, 15) is 0 Å². The summed E-state index contributed by atoms with van der Waals surface area (Å²) in [6.45, 7) is 0. The van der Waals surface area contributed by atoms with Gasteiger partial charge >= 0.3 is 0 Å². The molecule has 0 spiro atoms. The fourth-order valence-electron chi connectivity index (χ4n) is 4.08. The molecule has 0 amide bonds. The second kappa shape index (κ2) is 7.01. The van der Waals surface area contributed by atoms with E-state index >= 15 is 0 Å². The van der Waals surface area contributed by atoms with Crippen molar-refractivity contribution in [1.29, 1.82) is 0 Å². The monoisotopic (exact) mass is 448 g/mol. The number of benzene rings is 2. The maximum atomic E-state index is 6.50. The maximum Gasteiger partial charge on any atom is 0.225 e. The second-order valence-electron chi connectivity index (χ2n) is 7.58. The van der Waals surface area contributed by atoms with Gasteiger partial charge in [0.1, 0.15) is 5.76 Å². The summed E-state index contributed by atoms with van der Waals surface area (Å²) >= 11 is 3.58. The smallest absolute Gasteiger partial charge is 0.225 e. The van der Waals surface area contributed by atoms with Crippen molar-refractivity contribution in [2.75, 3.05) is 7.11 Å². The van der Waals surface area contributed by atoms with Crippen molar-refractivity contribution in [2.24, 2.45) is 5.73 Å². The lowest BCUT2D eigenvalue weighted by molar-refractivity contribution is 0.253. The molecule has 2 heterocycles. The van der Waals surface area contributed by atoms with Crippen molar-refractivity contribution in [2.45, 2.75) is 24.8 Å². The van der Waals surface area contributed by atoms with E-state index in [1.165, 1.54) is 12.0 Å². The van der Waals surface area contributed by atoms with Crippen molar-refractivity contribution in [1.82, 2.24) is 4.98 Å². The molecule has 0 radical (unpaired) electrons. The zero-order valence-corrected chi connectivity index (χ0v) is 17.7. The molecule has 4 nitrogen and oxygen atoms in total. The van der Waals surface area contributed by atoms with Crippen LogP contribution in [0.25, 0.3) is 33.4 Å². The molecule has 29 heavy (non-hydrogen) atoms. The Bertz CT molecular complexity index is 1180. The van der Waals surface area contributed by atoms with Gasteiger partial charge in [-0.2, -0.15) is 0 Å². The number of fused-ring (bicyclic) bond motifs is 1. The SMILES string of the molecule is COc1ncc(Br)c2oc(-c3ccc(C4(N)CCC4)cc3)c(-c3ccccc3)c12. The normalized spacial score (nSPS) is 15.3. The first kappa shape index (κ1) is 18.4. The molecule has 1 fully saturated rings. The van der Waals surface area contributed by atoms with Gasteiger partial charge in [-0.1, -0.05) is 54.6 Å². The molecule has 2 aromatic heterocycles. The zero-order valence-electron chi connectivity index (χ0n) is 16.1. The lowest BCUT2D eigenvalue weighted by atomic mass is 9.72. The number of aromatic nitrogens is 1. The fourth-order valence-corrected chi connectivity index (χ4v) is 4.46. The van der Waals surface area contributed by atoms with E-state index in [4.69, 9.17) is 14.9 Å².